The molecule has 1 aliphatic heterocycles. The quantitative estimate of drug-likeness (QED) is 0.376. The summed E-state index contributed by atoms with van der Waals surface area (Å²) < 4.78 is 5.80. The number of hydrogen-bond donors (Lipinski definition) is 0. The van der Waals surface area contributed by atoms with E-state index in [-0.39, 0.29) is 5.97 Å². The number of benzene rings is 4. The van der Waals surface area contributed by atoms with Crippen LogP contribution in [0.1, 0.15) is 16.7 Å². The van der Waals surface area contributed by atoms with E-state index in [1.54, 1.807) is 0 Å². The van der Waals surface area contributed by atoms with Gasteiger partial charge in [0, 0.05) is 5.56 Å². The summed E-state index contributed by atoms with van der Waals surface area (Å²) in [5.74, 6) is 0.391. The Hall–Kier alpha value is -3.39. The van der Waals surface area contributed by atoms with E-state index < -0.39 is 5.41 Å². The van der Waals surface area contributed by atoms with Crippen LogP contribution in [-0.4, -0.2) is 5.97 Å². The SMILES string of the molecule is O=C1Oc2ccc3ccccc3c2C1(c1ccccc1)c1ccccc1. The maximum Gasteiger partial charge on any atom is 0.331 e. The van der Waals surface area contributed by atoms with Gasteiger partial charge in [-0.3, -0.25) is 0 Å². The Balaban J connectivity index is 1.97. The van der Waals surface area contributed by atoms with Crippen molar-refractivity contribution >= 4 is 16.7 Å². The van der Waals surface area contributed by atoms with E-state index in [2.05, 4.69) is 12.1 Å². The molecule has 0 bridgehead atoms. The molecule has 0 atom stereocenters. The molecular formula is C24H16O2. The Morgan fingerprint density at radius 1 is 0.615 bits per heavy atom. The summed E-state index contributed by atoms with van der Waals surface area (Å²) in [5.41, 5.74) is 1.81. The maximum atomic E-state index is 13.4. The molecule has 0 saturated carbocycles. The third-order valence-corrected chi connectivity index (χ3v) is 5.19. The van der Waals surface area contributed by atoms with Gasteiger partial charge in [-0.25, -0.2) is 4.79 Å². The Bertz CT molecular complexity index is 1080. The van der Waals surface area contributed by atoms with Gasteiger partial charge in [0.15, 0.2) is 0 Å². The normalized spacial score (nSPS) is 14.8. The molecule has 0 N–H and O–H groups in total. The summed E-state index contributed by atoms with van der Waals surface area (Å²) in [7, 11) is 0. The monoisotopic (exact) mass is 336 g/mol. The lowest BCUT2D eigenvalue weighted by atomic mass is 9.69. The van der Waals surface area contributed by atoms with Gasteiger partial charge in [-0.2, -0.15) is 0 Å². The standard InChI is InChI=1S/C24H16O2/c25-23-24(18-10-3-1-4-11-18,19-12-5-2-6-13-19)22-20-14-8-7-9-17(20)15-16-21(22)26-23/h1-16H. The van der Waals surface area contributed by atoms with Gasteiger partial charge in [0.2, 0.25) is 0 Å². The van der Waals surface area contributed by atoms with Crippen LogP contribution >= 0.6 is 0 Å². The van der Waals surface area contributed by atoms with Crippen molar-refractivity contribution < 1.29 is 9.53 Å². The van der Waals surface area contributed by atoms with Crippen LogP contribution in [0.2, 0.25) is 0 Å². The average molecular weight is 336 g/mol. The lowest BCUT2D eigenvalue weighted by Crippen LogP contribution is -2.36. The molecule has 2 heteroatoms. The van der Waals surface area contributed by atoms with Crippen LogP contribution in [0.5, 0.6) is 5.75 Å². The van der Waals surface area contributed by atoms with Crippen molar-refractivity contribution in [2.75, 3.05) is 0 Å². The molecule has 5 rings (SSSR count). The van der Waals surface area contributed by atoms with E-state index in [1.807, 2.05) is 84.9 Å². The van der Waals surface area contributed by atoms with Gasteiger partial charge in [0.25, 0.3) is 0 Å². The minimum absolute atomic E-state index is 0.249. The molecule has 0 aromatic heterocycles. The minimum Gasteiger partial charge on any atom is -0.425 e. The second-order valence-electron chi connectivity index (χ2n) is 6.53. The number of hydrogen-bond acceptors (Lipinski definition) is 2. The van der Waals surface area contributed by atoms with E-state index in [1.165, 1.54) is 0 Å². The molecule has 4 aromatic rings. The lowest BCUT2D eigenvalue weighted by molar-refractivity contribution is -0.135. The second-order valence-corrected chi connectivity index (χ2v) is 6.53. The van der Waals surface area contributed by atoms with Crippen molar-refractivity contribution in [1.29, 1.82) is 0 Å². The largest absolute Gasteiger partial charge is 0.425 e. The maximum absolute atomic E-state index is 13.4. The first-order valence-corrected chi connectivity index (χ1v) is 8.67. The molecule has 0 spiro atoms. The van der Waals surface area contributed by atoms with Gasteiger partial charge in [-0.1, -0.05) is 91.0 Å². The summed E-state index contributed by atoms with van der Waals surface area (Å²) >= 11 is 0. The lowest BCUT2D eigenvalue weighted by Gasteiger charge is -2.28. The first-order chi connectivity index (χ1) is 12.8. The van der Waals surface area contributed by atoms with Crippen LogP contribution in [-0.2, 0) is 10.2 Å². The molecule has 0 radical (unpaired) electrons. The van der Waals surface area contributed by atoms with Crippen molar-refractivity contribution in [3.8, 4) is 5.75 Å². The van der Waals surface area contributed by atoms with Gasteiger partial charge in [0.05, 0.1) is 0 Å². The highest BCUT2D eigenvalue weighted by molar-refractivity contribution is 6.05. The number of carbonyl (C=O) groups is 1. The zero-order valence-electron chi connectivity index (χ0n) is 14.1. The van der Waals surface area contributed by atoms with Crippen LogP contribution in [0.15, 0.2) is 97.1 Å². The van der Waals surface area contributed by atoms with Gasteiger partial charge >= 0.3 is 5.97 Å². The number of fused-ring (bicyclic) bond motifs is 3. The number of rotatable bonds is 2. The van der Waals surface area contributed by atoms with Crippen molar-refractivity contribution in [3.63, 3.8) is 0 Å². The smallest absolute Gasteiger partial charge is 0.331 e. The van der Waals surface area contributed by atoms with E-state index in [0.29, 0.717) is 5.75 Å². The van der Waals surface area contributed by atoms with Gasteiger partial charge < -0.3 is 4.74 Å². The fourth-order valence-electron chi connectivity index (χ4n) is 4.07. The number of ether oxygens (including phenoxy) is 1. The molecule has 1 aliphatic rings. The molecule has 124 valence electrons. The highest BCUT2D eigenvalue weighted by Crippen LogP contribution is 2.51. The first-order valence-electron chi connectivity index (χ1n) is 8.67. The fraction of sp³-hybridized carbons (Fsp3) is 0.0417. The average Bonchev–Trinajstić information content (AvgIpc) is 3.02. The number of carbonyl (C=O) groups excluding carboxylic acids is 1. The predicted molar refractivity (Wildman–Crippen MR) is 102 cm³/mol. The van der Waals surface area contributed by atoms with Crippen LogP contribution in [0.4, 0.5) is 0 Å². The van der Waals surface area contributed by atoms with Gasteiger partial charge in [-0.15, -0.1) is 0 Å². The molecule has 2 nitrogen and oxygen atoms in total. The fourth-order valence-corrected chi connectivity index (χ4v) is 4.07. The van der Waals surface area contributed by atoms with Crippen molar-refractivity contribution in [2.24, 2.45) is 0 Å². The predicted octanol–water partition coefficient (Wildman–Crippen LogP) is 5.09. The molecule has 0 unspecified atom stereocenters. The Kier molecular flexibility index (Phi) is 3.19. The van der Waals surface area contributed by atoms with Gasteiger partial charge in [-0.05, 0) is 28.0 Å². The molecule has 0 saturated heterocycles. The summed E-state index contributed by atoms with van der Waals surface area (Å²) in [6, 6.07) is 31.9. The molecular weight excluding hydrogens is 320 g/mol. The van der Waals surface area contributed by atoms with E-state index >= 15 is 0 Å². The van der Waals surface area contributed by atoms with Crippen molar-refractivity contribution in [3.05, 3.63) is 114 Å². The summed E-state index contributed by atoms with van der Waals surface area (Å²) in [6.07, 6.45) is 0. The molecule has 0 amide bonds. The third kappa shape index (κ3) is 1.90. The minimum atomic E-state index is -0.960. The topological polar surface area (TPSA) is 26.3 Å². The first kappa shape index (κ1) is 14.9. The highest BCUT2D eigenvalue weighted by atomic mass is 16.5. The van der Waals surface area contributed by atoms with Crippen LogP contribution < -0.4 is 4.74 Å². The second kappa shape index (κ2) is 5.57. The Morgan fingerprint density at radius 3 is 1.85 bits per heavy atom. The molecule has 1 heterocycles. The molecule has 0 fully saturated rings. The Morgan fingerprint density at radius 2 is 1.19 bits per heavy atom. The molecule has 0 aliphatic carbocycles. The van der Waals surface area contributed by atoms with Crippen molar-refractivity contribution in [1.82, 2.24) is 0 Å². The van der Waals surface area contributed by atoms with Crippen LogP contribution in [0, 0.1) is 0 Å². The zero-order valence-corrected chi connectivity index (χ0v) is 14.1. The van der Waals surface area contributed by atoms with Gasteiger partial charge in [0.1, 0.15) is 11.2 Å². The van der Waals surface area contributed by atoms with Crippen LogP contribution in [0.3, 0.4) is 0 Å². The molecule has 26 heavy (non-hydrogen) atoms. The van der Waals surface area contributed by atoms with E-state index in [4.69, 9.17) is 4.74 Å². The van der Waals surface area contributed by atoms with E-state index in [9.17, 15) is 4.79 Å². The highest BCUT2D eigenvalue weighted by Gasteiger charge is 2.52. The van der Waals surface area contributed by atoms with Crippen LogP contribution in [0.25, 0.3) is 10.8 Å². The van der Waals surface area contributed by atoms with Crippen molar-refractivity contribution in [2.45, 2.75) is 5.41 Å². The number of esters is 1. The summed E-state index contributed by atoms with van der Waals surface area (Å²) in [6.45, 7) is 0. The molecule has 4 aromatic carbocycles. The summed E-state index contributed by atoms with van der Waals surface area (Å²) in [4.78, 5) is 13.4. The summed E-state index contributed by atoms with van der Waals surface area (Å²) in [5, 5.41) is 2.14. The Labute approximate surface area is 151 Å². The third-order valence-electron chi connectivity index (χ3n) is 5.19. The van der Waals surface area contributed by atoms with E-state index in [0.717, 1.165) is 27.5 Å². The zero-order chi connectivity index (χ0) is 17.6.